The SMILES string of the molecule is Cc1ccc2ncnc(N[C@H]3CC[C@@H](N4CC(F)C4)CC3)c2c1. The van der Waals surface area contributed by atoms with Crippen LogP contribution in [0.4, 0.5) is 10.2 Å². The highest BCUT2D eigenvalue weighted by atomic mass is 19.1. The average molecular weight is 314 g/mol. The number of alkyl halides is 1. The Balaban J connectivity index is 1.42. The van der Waals surface area contributed by atoms with Crippen molar-refractivity contribution in [1.82, 2.24) is 14.9 Å². The first kappa shape index (κ1) is 14.8. The van der Waals surface area contributed by atoms with E-state index < -0.39 is 6.17 Å². The van der Waals surface area contributed by atoms with Gasteiger partial charge in [-0.25, -0.2) is 14.4 Å². The minimum absolute atomic E-state index is 0.451. The Hall–Kier alpha value is -1.75. The molecule has 1 saturated heterocycles. The Morgan fingerprint density at radius 2 is 1.91 bits per heavy atom. The number of hydrogen-bond donors (Lipinski definition) is 1. The largest absolute Gasteiger partial charge is 0.367 e. The van der Waals surface area contributed by atoms with Gasteiger partial charge >= 0.3 is 0 Å². The molecule has 4 rings (SSSR count). The predicted molar refractivity (Wildman–Crippen MR) is 90.4 cm³/mol. The van der Waals surface area contributed by atoms with E-state index in [-0.39, 0.29) is 0 Å². The number of nitrogens with zero attached hydrogens (tertiary/aromatic N) is 3. The summed E-state index contributed by atoms with van der Waals surface area (Å²) in [4.78, 5) is 11.1. The van der Waals surface area contributed by atoms with Crippen LogP contribution in [0.1, 0.15) is 31.2 Å². The van der Waals surface area contributed by atoms with E-state index in [9.17, 15) is 4.39 Å². The Morgan fingerprint density at radius 3 is 2.65 bits per heavy atom. The van der Waals surface area contributed by atoms with Crippen molar-refractivity contribution in [2.45, 2.75) is 50.9 Å². The molecule has 0 unspecified atom stereocenters. The number of rotatable bonds is 3. The smallest absolute Gasteiger partial charge is 0.137 e. The lowest BCUT2D eigenvalue weighted by molar-refractivity contribution is 0.0130. The molecule has 4 nitrogen and oxygen atoms in total. The summed E-state index contributed by atoms with van der Waals surface area (Å²) in [6.45, 7) is 3.36. The van der Waals surface area contributed by atoms with E-state index in [1.165, 1.54) is 5.56 Å². The molecule has 0 amide bonds. The summed E-state index contributed by atoms with van der Waals surface area (Å²) in [5.74, 6) is 0.940. The minimum Gasteiger partial charge on any atom is -0.367 e. The molecule has 1 aromatic carbocycles. The molecular weight excluding hydrogens is 291 g/mol. The van der Waals surface area contributed by atoms with Crippen LogP contribution in [0.25, 0.3) is 10.9 Å². The molecule has 5 heteroatoms. The van der Waals surface area contributed by atoms with Gasteiger partial charge in [0.1, 0.15) is 18.3 Å². The maximum absolute atomic E-state index is 13.0. The Morgan fingerprint density at radius 1 is 1.13 bits per heavy atom. The molecule has 0 atom stereocenters. The quantitative estimate of drug-likeness (QED) is 0.943. The first-order valence-electron chi connectivity index (χ1n) is 8.55. The maximum Gasteiger partial charge on any atom is 0.137 e. The van der Waals surface area contributed by atoms with E-state index in [0.29, 0.717) is 25.2 Å². The molecule has 1 aliphatic heterocycles. The molecule has 0 bridgehead atoms. The van der Waals surface area contributed by atoms with Crippen LogP contribution in [0.5, 0.6) is 0 Å². The fraction of sp³-hybridized carbons (Fsp3) is 0.556. The molecular formula is C18H23FN4. The van der Waals surface area contributed by atoms with Crippen molar-refractivity contribution in [3.63, 3.8) is 0 Å². The molecule has 2 aromatic rings. The zero-order valence-corrected chi connectivity index (χ0v) is 13.5. The summed E-state index contributed by atoms with van der Waals surface area (Å²) in [6.07, 6.45) is 5.57. The van der Waals surface area contributed by atoms with Crippen LogP contribution in [0, 0.1) is 6.92 Å². The van der Waals surface area contributed by atoms with Gasteiger partial charge in [0.25, 0.3) is 0 Å². The number of benzene rings is 1. The number of aromatic nitrogens is 2. The van der Waals surface area contributed by atoms with Gasteiger partial charge in [0.2, 0.25) is 0 Å². The number of halogens is 1. The average Bonchev–Trinajstić information content (AvgIpc) is 2.53. The molecule has 1 N–H and O–H groups in total. The third-order valence-corrected chi connectivity index (χ3v) is 5.21. The van der Waals surface area contributed by atoms with Crippen molar-refractivity contribution in [3.05, 3.63) is 30.1 Å². The molecule has 122 valence electrons. The zero-order chi connectivity index (χ0) is 15.8. The summed E-state index contributed by atoms with van der Waals surface area (Å²) in [5.41, 5.74) is 2.20. The molecule has 23 heavy (non-hydrogen) atoms. The second-order valence-electron chi connectivity index (χ2n) is 6.94. The fourth-order valence-corrected chi connectivity index (χ4v) is 3.82. The number of hydrogen-bond acceptors (Lipinski definition) is 4. The van der Waals surface area contributed by atoms with Gasteiger partial charge in [-0.05, 0) is 44.7 Å². The summed E-state index contributed by atoms with van der Waals surface area (Å²) in [7, 11) is 0. The number of aryl methyl sites for hydroxylation is 1. The van der Waals surface area contributed by atoms with Gasteiger partial charge in [0.05, 0.1) is 5.52 Å². The van der Waals surface area contributed by atoms with Crippen LogP contribution in [0.2, 0.25) is 0 Å². The third kappa shape index (κ3) is 3.02. The van der Waals surface area contributed by atoms with Gasteiger partial charge in [-0.2, -0.15) is 0 Å². The molecule has 1 aliphatic carbocycles. The first-order chi connectivity index (χ1) is 11.2. The van der Waals surface area contributed by atoms with Gasteiger partial charge in [-0.1, -0.05) is 11.6 Å². The number of fused-ring (bicyclic) bond motifs is 1. The van der Waals surface area contributed by atoms with Crippen molar-refractivity contribution < 1.29 is 4.39 Å². The van der Waals surface area contributed by atoms with Crippen LogP contribution in [-0.2, 0) is 0 Å². The van der Waals surface area contributed by atoms with E-state index in [1.807, 2.05) is 6.07 Å². The highest BCUT2D eigenvalue weighted by Gasteiger charge is 2.34. The molecule has 2 fully saturated rings. The Kier molecular flexibility index (Phi) is 3.89. The van der Waals surface area contributed by atoms with Gasteiger partial charge in [-0.15, -0.1) is 0 Å². The molecule has 0 radical (unpaired) electrons. The number of likely N-dealkylation sites (tertiary alicyclic amines) is 1. The fourth-order valence-electron chi connectivity index (χ4n) is 3.82. The number of anilines is 1. The lowest BCUT2D eigenvalue weighted by Gasteiger charge is -2.43. The molecule has 1 aromatic heterocycles. The number of nitrogens with one attached hydrogen (secondary N) is 1. The molecule has 2 aliphatic rings. The van der Waals surface area contributed by atoms with Gasteiger partial charge in [-0.3, -0.25) is 4.90 Å². The standard InChI is InChI=1S/C18H23FN4/c1-12-2-7-17-16(8-12)18(21-11-20-17)22-14-3-5-15(6-4-14)23-9-13(19)10-23/h2,7-8,11,13-15H,3-6,9-10H2,1H3,(H,20,21,22)/t14-,15+. The van der Waals surface area contributed by atoms with E-state index in [1.54, 1.807) is 6.33 Å². The van der Waals surface area contributed by atoms with Crippen molar-refractivity contribution in [1.29, 1.82) is 0 Å². The van der Waals surface area contributed by atoms with Crippen LogP contribution < -0.4 is 5.32 Å². The topological polar surface area (TPSA) is 41.1 Å². The lowest BCUT2D eigenvalue weighted by Crippen LogP contribution is -2.54. The molecule has 1 saturated carbocycles. The second kappa shape index (κ2) is 6.04. The summed E-state index contributed by atoms with van der Waals surface area (Å²) < 4.78 is 13.0. The van der Waals surface area contributed by atoms with Crippen molar-refractivity contribution in [2.24, 2.45) is 0 Å². The summed E-state index contributed by atoms with van der Waals surface area (Å²) >= 11 is 0. The van der Waals surface area contributed by atoms with Crippen LogP contribution in [-0.4, -0.2) is 46.2 Å². The van der Waals surface area contributed by atoms with Crippen molar-refractivity contribution in [2.75, 3.05) is 18.4 Å². The maximum atomic E-state index is 13.0. The monoisotopic (exact) mass is 314 g/mol. The van der Waals surface area contributed by atoms with E-state index >= 15 is 0 Å². The third-order valence-electron chi connectivity index (χ3n) is 5.21. The van der Waals surface area contributed by atoms with Crippen LogP contribution in [0.15, 0.2) is 24.5 Å². The molecule has 2 heterocycles. The Bertz CT molecular complexity index is 690. The first-order valence-corrected chi connectivity index (χ1v) is 8.55. The van der Waals surface area contributed by atoms with Crippen LogP contribution >= 0.6 is 0 Å². The second-order valence-corrected chi connectivity index (χ2v) is 6.94. The predicted octanol–water partition coefficient (Wildman–Crippen LogP) is 3.32. The summed E-state index contributed by atoms with van der Waals surface area (Å²) in [5, 5.41) is 4.71. The molecule has 0 spiro atoms. The van der Waals surface area contributed by atoms with Crippen LogP contribution in [0.3, 0.4) is 0 Å². The van der Waals surface area contributed by atoms with Gasteiger partial charge in [0, 0.05) is 30.6 Å². The summed E-state index contributed by atoms with van der Waals surface area (Å²) in [6, 6.07) is 7.29. The zero-order valence-electron chi connectivity index (χ0n) is 13.5. The van der Waals surface area contributed by atoms with Crippen molar-refractivity contribution >= 4 is 16.7 Å². The normalized spacial score (nSPS) is 26.2. The van der Waals surface area contributed by atoms with E-state index in [2.05, 4.69) is 39.2 Å². The van der Waals surface area contributed by atoms with Gasteiger partial charge < -0.3 is 5.32 Å². The Labute approximate surface area is 136 Å². The highest BCUT2D eigenvalue weighted by molar-refractivity contribution is 5.89. The van der Waals surface area contributed by atoms with E-state index in [0.717, 1.165) is 42.4 Å². The van der Waals surface area contributed by atoms with Crippen molar-refractivity contribution in [3.8, 4) is 0 Å². The highest BCUT2D eigenvalue weighted by Crippen LogP contribution is 2.30. The minimum atomic E-state index is -0.596. The van der Waals surface area contributed by atoms with E-state index in [4.69, 9.17) is 0 Å². The lowest BCUT2D eigenvalue weighted by atomic mass is 9.88. The van der Waals surface area contributed by atoms with Gasteiger partial charge in [0.15, 0.2) is 0 Å².